The zero-order valence-electron chi connectivity index (χ0n) is 82.3. The van der Waals surface area contributed by atoms with Gasteiger partial charge < -0.3 is 79.9 Å². The number of hydrogen-bond donors (Lipinski definition) is 7. The lowest BCUT2D eigenvalue weighted by Crippen LogP contribution is -2.36. The van der Waals surface area contributed by atoms with Crippen molar-refractivity contribution in [2.45, 2.75) is 64.7 Å². The van der Waals surface area contributed by atoms with Gasteiger partial charge in [-0.25, -0.2) is 19.9 Å². The highest BCUT2D eigenvalue weighted by Gasteiger charge is 2.29. The maximum absolute atomic E-state index is 13.4. The molecule has 12 aromatic rings. The third kappa shape index (κ3) is 28.7. The van der Waals surface area contributed by atoms with Gasteiger partial charge in [0.05, 0.1) is 79.5 Å². The van der Waals surface area contributed by atoms with E-state index in [9.17, 15) is 38.4 Å². The Kier molecular flexibility index (Phi) is 36.9. The lowest BCUT2D eigenvalue weighted by Gasteiger charge is -2.29. The number of nitrogens with zero attached hydrogens (tertiary/aromatic N) is 12. The molecule has 19 rings (SSSR count). The molecule has 7 N–H and O–H groups in total. The normalized spacial score (nSPS) is 15.0. The van der Waals surface area contributed by atoms with E-state index in [2.05, 4.69) is 80.5 Å². The predicted molar refractivity (Wildman–Crippen MR) is 581 cm³/mol. The molecule has 148 heavy (non-hydrogen) atoms. The summed E-state index contributed by atoms with van der Waals surface area (Å²) in [5.74, 6) is 1.75. The summed E-state index contributed by atoms with van der Waals surface area (Å²) in [6.07, 6.45) is 11.8. The summed E-state index contributed by atoms with van der Waals surface area (Å²) in [6.45, 7) is 17.9. The zero-order valence-corrected chi connectivity index (χ0v) is 85.3. The fourth-order valence-corrected chi connectivity index (χ4v) is 18.5. The number of nitrogens with one attached hydrogen (secondary N) is 7. The standard InChI is InChI=1S/C30H32ClN5O3.C29H30ClN5O3.C28H28ClN5O3.C26H25ClN4O3/c31-24-9-11-28(33-20-24)34-30(38)26-19-25(35-14-16-39-17-15-35)10-8-23(26)18-27(37)21-4-6-22(7-5-21)29(32)36-12-2-1-3-13-36;30-23-8-10-27(32-19-23)33-29(37)25-18-24(34-13-15-38-16-14-34)9-7-22(25)17-26(36)20-3-5-21(6-4-20)28(31)35-11-1-2-12-35;1-33-11-10-30-27(33)20-4-2-19(3-5-20)25(35)16-21-6-8-23(34-12-14-37-15-13-34)17-24(21)28(36)32-26-9-7-22(29)18-31-26;1-17(28)18-2-4-19(5-3-18)24(32)14-20-6-8-22(31-10-12-34-13-11-31)15-23(20)26(33)30-25-9-7-21(27)16-29-25/h4-11,19-20,32H,1-3,12-18H2,(H,33,34,38);3-10,18-19,31H,1-2,11-17H2,(H,32,33,37);2-9,17-18H,10-16H2,1H3,(H,31,32,36);2-9,15-16,28H,10-14H2,1H3,(H,29,30,33). The number of carbonyl (C=O) groups excluding carboxylic acids is 8. The number of hydrogen-bond acceptors (Lipinski definition) is 25. The topological polar surface area (TPSA) is 380 Å². The number of amidine groups is 3. The molecule has 7 aliphatic heterocycles. The number of morpholine rings is 4. The molecule has 0 atom stereocenters. The maximum atomic E-state index is 13.4. The summed E-state index contributed by atoms with van der Waals surface area (Å²) in [5, 5.41) is 37.9. The minimum atomic E-state index is -0.345. The molecule has 11 heterocycles. The number of anilines is 8. The average Bonchev–Trinajstić information content (AvgIpc) is 0.987. The zero-order chi connectivity index (χ0) is 104. The minimum absolute atomic E-state index is 0.0638. The summed E-state index contributed by atoms with van der Waals surface area (Å²) in [7, 11) is 2.01. The molecule has 31 nitrogen and oxygen atoms in total. The van der Waals surface area contributed by atoms with Crippen LogP contribution < -0.4 is 40.9 Å². The van der Waals surface area contributed by atoms with Crippen molar-refractivity contribution in [3.05, 3.63) is 352 Å². The Morgan fingerprint density at radius 2 is 0.554 bits per heavy atom. The van der Waals surface area contributed by atoms with Crippen LogP contribution in [0.15, 0.2) is 248 Å². The van der Waals surface area contributed by atoms with E-state index in [1.807, 2.05) is 128 Å². The largest absolute Gasteiger partial charge is 0.378 e. The van der Waals surface area contributed by atoms with Crippen molar-refractivity contribution in [3.63, 3.8) is 0 Å². The van der Waals surface area contributed by atoms with Crippen LogP contribution in [-0.2, 0) is 44.6 Å². The number of rotatable bonds is 28. The number of amides is 4. The second-order valence-electron chi connectivity index (χ2n) is 36.4. The molecule has 0 saturated carbocycles. The van der Waals surface area contributed by atoms with Crippen LogP contribution in [0.5, 0.6) is 0 Å². The Morgan fingerprint density at radius 3 is 0.797 bits per heavy atom. The molecule has 7 aliphatic rings. The lowest BCUT2D eigenvalue weighted by atomic mass is 9.96. The monoisotopic (exact) mass is 2070 g/mol. The van der Waals surface area contributed by atoms with Crippen LogP contribution in [0.25, 0.3) is 0 Å². The lowest BCUT2D eigenvalue weighted by molar-refractivity contribution is 0.0980. The van der Waals surface area contributed by atoms with Crippen LogP contribution in [0.3, 0.4) is 0 Å². The van der Waals surface area contributed by atoms with Crippen LogP contribution in [0, 0.1) is 16.2 Å². The van der Waals surface area contributed by atoms with Gasteiger partial charge in [0.2, 0.25) is 0 Å². The Balaban J connectivity index is 0.000000141. The predicted octanol–water partition coefficient (Wildman–Crippen LogP) is 18.3. The number of carbonyl (C=O) groups is 8. The van der Waals surface area contributed by atoms with E-state index in [-0.39, 0.29) is 72.4 Å². The molecule has 0 bridgehead atoms. The second-order valence-corrected chi connectivity index (χ2v) is 38.2. The van der Waals surface area contributed by atoms with Gasteiger partial charge in [0.15, 0.2) is 23.1 Å². The van der Waals surface area contributed by atoms with Crippen LogP contribution in [0.4, 0.5) is 46.0 Å². The smallest absolute Gasteiger partial charge is 0.257 e. The van der Waals surface area contributed by atoms with E-state index >= 15 is 0 Å². The number of halogens is 4. The Labute approximate surface area is 879 Å². The van der Waals surface area contributed by atoms with Gasteiger partial charge in [-0.15, -0.1) is 0 Å². The summed E-state index contributed by atoms with van der Waals surface area (Å²) in [4.78, 5) is 142. The van der Waals surface area contributed by atoms with Gasteiger partial charge in [-0.1, -0.05) is 168 Å². The molecule has 8 aromatic carbocycles. The van der Waals surface area contributed by atoms with E-state index in [0.29, 0.717) is 180 Å². The molecular formula is C113H115Cl4N19O12. The number of ether oxygens (including phenoxy) is 4. The highest BCUT2D eigenvalue weighted by molar-refractivity contribution is 6.31. The molecule has 35 heteroatoms. The van der Waals surface area contributed by atoms with E-state index in [4.69, 9.17) is 81.6 Å². The average molecular weight is 2070 g/mol. The SMILES string of the molecule is CC(=N)c1ccc(C(=O)Cc2ccc(N3CCOCC3)cc2C(=O)Nc2ccc(Cl)cn2)cc1.CN1CCN=C1c1ccc(C(=O)Cc2ccc(N3CCOCC3)cc2C(=O)Nc2ccc(Cl)cn2)cc1.N=C(c1ccc(C(=O)Cc2ccc(N3CCOCC3)cc2C(=O)Nc2ccc(Cl)cn2)cc1)N1CCCC1.N=C(c1ccc(C(=O)Cc2ccc(N3CCOCC3)cc2C(=O)Nc2ccc(Cl)cn2)cc1)N1CCCCC1. The number of benzene rings is 8. The first-order valence-corrected chi connectivity index (χ1v) is 50.9. The Bertz CT molecular complexity index is 6800. The number of ketones is 4. The molecule has 0 spiro atoms. The third-order valence-electron chi connectivity index (χ3n) is 26.4. The number of pyridine rings is 4. The van der Waals surface area contributed by atoms with Crippen molar-refractivity contribution < 1.29 is 57.3 Å². The fraction of sp³-hybridized carbons (Fsp3) is 0.292. The molecule has 762 valence electrons. The minimum Gasteiger partial charge on any atom is -0.378 e. The Hall–Kier alpha value is -14.8. The number of piperidine rings is 1. The Morgan fingerprint density at radius 1 is 0.304 bits per heavy atom. The number of aliphatic imine (C=N–C) groups is 1. The van der Waals surface area contributed by atoms with Gasteiger partial charge in [-0.05, 0) is 164 Å². The van der Waals surface area contributed by atoms with Gasteiger partial charge in [-0.2, -0.15) is 0 Å². The first-order chi connectivity index (χ1) is 71.8. The van der Waals surface area contributed by atoms with Gasteiger partial charge in [0.25, 0.3) is 23.6 Å². The number of Topliss-reactive ketones (excluding diaryl/α,β-unsaturated/α-hetero) is 4. The molecule has 0 radical (unpaired) electrons. The molecule has 6 fully saturated rings. The third-order valence-corrected chi connectivity index (χ3v) is 27.3. The summed E-state index contributed by atoms with van der Waals surface area (Å²) in [6, 6.07) is 64.6. The number of likely N-dealkylation sites (N-methyl/N-ethyl adjacent to an activating group) is 1. The van der Waals surface area contributed by atoms with E-state index in [0.717, 1.165) is 168 Å². The van der Waals surface area contributed by atoms with Gasteiger partial charge in [-0.3, -0.25) is 54.2 Å². The van der Waals surface area contributed by atoms with Crippen LogP contribution in [0.2, 0.25) is 20.1 Å². The van der Waals surface area contributed by atoms with Crippen molar-refractivity contribution >= 4 is 162 Å². The highest BCUT2D eigenvalue weighted by atomic mass is 35.5. The molecule has 6 saturated heterocycles. The van der Waals surface area contributed by atoms with Crippen LogP contribution >= 0.6 is 46.4 Å². The van der Waals surface area contributed by atoms with Gasteiger partial charge in [0.1, 0.15) is 40.8 Å². The van der Waals surface area contributed by atoms with E-state index in [1.54, 1.807) is 104 Å². The van der Waals surface area contributed by atoms with Gasteiger partial charge >= 0.3 is 0 Å². The van der Waals surface area contributed by atoms with Crippen molar-refractivity contribution in [2.24, 2.45) is 4.99 Å². The molecular weight excluding hydrogens is 1960 g/mol. The quantitative estimate of drug-likeness (QED) is 0.0136. The van der Waals surface area contributed by atoms with E-state index in [1.165, 1.54) is 31.2 Å². The highest BCUT2D eigenvalue weighted by Crippen LogP contribution is 2.32. The summed E-state index contributed by atoms with van der Waals surface area (Å²) < 4.78 is 21.8. The number of aromatic nitrogens is 4. The van der Waals surface area contributed by atoms with E-state index < -0.39 is 0 Å². The maximum Gasteiger partial charge on any atom is 0.257 e. The van der Waals surface area contributed by atoms with Crippen LogP contribution in [0.1, 0.15) is 166 Å². The van der Waals surface area contributed by atoms with Crippen molar-refractivity contribution in [1.82, 2.24) is 34.6 Å². The van der Waals surface area contributed by atoms with Crippen molar-refractivity contribution in [2.75, 3.05) is 192 Å². The first kappa shape index (κ1) is 106. The van der Waals surface area contributed by atoms with Crippen molar-refractivity contribution in [3.8, 4) is 0 Å². The van der Waals surface area contributed by atoms with Crippen LogP contribution in [-0.4, -0.2) is 256 Å². The summed E-state index contributed by atoms with van der Waals surface area (Å²) in [5.41, 5.74) is 13.9. The molecule has 4 aromatic heterocycles. The fourth-order valence-electron chi connectivity index (χ4n) is 18.0. The number of likely N-dealkylation sites (tertiary alicyclic amines) is 2. The summed E-state index contributed by atoms with van der Waals surface area (Å²) >= 11 is 23.7. The molecule has 0 aliphatic carbocycles. The first-order valence-electron chi connectivity index (χ1n) is 49.4. The molecule has 0 unspecified atom stereocenters. The van der Waals surface area contributed by atoms with Crippen molar-refractivity contribution in [1.29, 1.82) is 16.2 Å². The second kappa shape index (κ2) is 51.5. The molecule has 4 amide bonds. The van der Waals surface area contributed by atoms with Gasteiger partial charge in [0, 0.05) is 232 Å².